The number of aryl methyl sites for hydroxylation is 1. The molecule has 1 N–H and O–H groups in total. The lowest BCUT2D eigenvalue weighted by atomic mass is 10.1. The first-order valence-electron chi connectivity index (χ1n) is 6.28. The van der Waals surface area contributed by atoms with Gasteiger partial charge >= 0.3 is 0 Å². The van der Waals surface area contributed by atoms with Crippen LogP contribution < -0.4 is 5.32 Å². The van der Waals surface area contributed by atoms with Crippen LogP contribution in [0.3, 0.4) is 0 Å². The minimum Gasteiger partial charge on any atom is -0.378 e. The molecule has 4 nitrogen and oxygen atoms in total. The maximum absolute atomic E-state index is 13.7. The Morgan fingerprint density at radius 2 is 2.11 bits per heavy atom. The van der Waals surface area contributed by atoms with E-state index in [9.17, 15) is 9.18 Å². The van der Waals surface area contributed by atoms with Gasteiger partial charge in [0.15, 0.2) is 0 Å². The second-order valence-electron chi connectivity index (χ2n) is 4.61. The maximum atomic E-state index is 13.7. The topological polar surface area (TPSA) is 41.6 Å². The average molecular weight is 268 g/mol. The van der Waals surface area contributed by atoms with Crippen LogP contribution in [0.1, 0.15) is 15.9 Å². The van der Waals surface area contributed by atoms with Crippen LogP contribution in [-0.4, -0.2) is 51.2 Å². The molecule has 0 saturated carbocycles. The molecule has 0 aliphatic carbocycles. The first-order chi connectivity index (χ1) is 9.02. The summed E-state index contributed by atoms with van der Waals surface area (Å²) < 4.78 is 19.0. The van der Waals surface area contributed by atoms with Gasteiger partial charge in [-0.05, 0) is 32.6 Å². The smallest absolute Gasteiger partial charge is 0.254 e. The Bertz CT molecular complexity index is 422. The van der Waals surface area contributed by atoms with Crippen LogP contribution in [0.5, 0.6) is 0 Å². The molecule has 1 amide bonds. The predicted octanol–water partition coefficient (Wildman–Crippen LogP) is 1.44. The molecular formula is C14H21FN2O2. The molecule has 0 fully saturated rings. The zero-order valence-corrected chi connectivity index (χ0v) is 11.7. The van der Waals surface area contributed by atoms with E-state index in [0.29, 0.717) is 25.3 Å². The van der Waals surface area contributed by atoms with Crippen LogP contribution in [-0.2, 0) is 4.74 Å². The maximum Gasteiger partial charge on any atom is 0.254 e. The van der Waals surface area contributed by atoms with Crippen molar-refractivity contribution in [2.24, 2.45) is 0 Å². The minimum atomic E-state index is -0.464. The highest BCUT2D eigenvalue weighted by Crippen LogP contribution is 2.11. The van der Waals surface area contributed by atoms with Gasteiger partial charge in [0, 0.05) is 13.1 Å². The number of carbonyl (C=O) groups is 1. The van der Waals surface area contributed by atoms with E-state index in [0.717, 1.165) is 6.54 Å². The van der Waals surface area contributed by atoms with Gasteiger partial charge in [-0.2, -0.15) is 0 Å². The number of ether oxygens (including phenoxy) is 1. The molecule has 0 unspecified atom stereocenters. The van der Waals surface area contributed by atoms with E-state index in [1.165, 1.54) is 6.07 Å². The molecule has 0 aromatic heterocycles. The van der Waals surface area contributed by atoms with E-state index in [2.05, 4.69) is 5.32 Å². The number of amides is 1. The molecule has 0 heterocycles. The minimum absolute atomic E-state index is 0.0771. The number of benzene rings is 1. The van der Waals surface area contributed by atoms with Gasteiger partial charge in [-0.3, -0.25) is 4.79 Å². The van der Waals surface area contributed by atoms with E-state index in [1.807, 2.05) is 19.0 Å². The Balaban J connectivity index is 2.30. The van der Waals surface area contributed by atoms with Crippen molar-refractivity contribution in [3.63, 3.8) is 0 Å². The summed E-state index contributed by atoms with van der Waals surface area (Å²) in [5, 5.41) is 2.64. The molecule has 106 valence electrons. The van der Waals surface area contributed by atoms with Crippen molar-refractivity contribution in [3.8, 4) is 0 Å². The molecule has 0 bridgehead atoms. The first kappa shape index (κ1) is 15.6. The summed E-state index contributed by atoms with van der Waals surface area (Å²) in [6.07, 6.45) is 0. The lowest BCUT2D eigenvalue weighted by Crippen LogP contribution is -2.29. The number of hydrogen-bond acceptors (Lipinski definition) is 3. The van der Waals surface area contributed by atoms with Crippen molar-refractivity contribution in [1.29, 1.82) is 0 Å². The zero-order valence-electron chi connectivity index (χ0n) is 11.7. The molecule has 5 heteroatoms. The summed E-state index contributed by atoms with van der Waals surface area (Å²) >= 11 is 0. The van der Waals surface area contributed by atoms with Crippen LogP contribution >= 0.6 is 0 Å². The summed E-state index contributed by atoms with van der Waals surface area (Å²) in [4.78, 5) is 13.8. The third-order valence-electron chi connectivity index (χ3n) is 2.65. The lowest BCUT2D eigenvalue weighted by molar-refractivity contribution is 0.0896. The number of nitrogens with one attached hydrogen (secondary N) is 1. The second-order valence-corrected chi connectivity index (χ2v) is 4.61. The molecular weight excluding hydrogens is 247 g/mol. The molecule has 19 heavy (non-hydrogen) atoms. The SMILES string of the molecule is Cc1cccc(C(=O)NCCOCCN(C)C)c1F. The Labute approximate surface area is 113 Å². The lowest BCUT2D eigenvalue weighted by Gasteiger charge is -2.10. The third kappa shape index (κ3) is 5.36. The quantitative estimate of drug-likeness (QED) is 0.761. The highest BCUT2D eigenvalue weighted by Gasteiger charge is 2.12. The van der Waals surface area contributed by atoms with Crippen LogP contribution in [0.2, 0.25) is 0 Å². The van der Waals surface area contributed by atoms with Crippen LogP contribution in [0.4, 0.5) is 4.39 Å². The van der Waals surface area contributed by atoms with Crippen LogP contribution in [0.15, 0.2) is 18.2 Å². The van der Waals surface area contributed by atoms with E-state index < -0.39 is 11.7 Å². The Morgan fingerprint density at radius 3 is 2.79 bits per heavy atom. The molecule has 1 aromatic rings. The van der Waals surface area contributed by atoms with Gasteiger partial charge in [-0.15, -0.1) is 0 Å². The van der Waals surface area contributed by atoms with Gasteiger partial charge in [-0.25, -0.2) is 4.39 Å². The van der Waals surface area contributed by atoms with E-state index in [-0.39, 0.29) is 5.56 Å². The molecule has 1 rings (SSSR count). The third-order valence-corrected chi connectivity index (χ3v) is 2.65. The molecule has 0 aliphatic heterocycles. The van der Waals surface area contributed by atoms with Crippen molar-refractivity contribution in [2.45, 2.75) is 6.92 Å². The van der Waals surface area contributed by atoms with Gasteiger partial charge < -0.3 is 15.0 Å². The van der Waals surface area contributed by atoms with Gasteiger partial charge in [0.25, 0.3) is 5.91 Å². The highest BCUT2D eigenvalue weighted by molar-refractivity contribution is 5.94. The number of nitrogens with zero attached hydrogens (tertiary/aromatic N) is 1. The largest absolute Gasteiger partial charge is 0.378 e. The molecule has 0 saturated heterocycles. The second kappa shape index (κ2) is 7.86. The summed E-state index contributed by atoms with van der Waals surface area (Å²) in [6, 6.07) is 4.78. The van der Waals surface area contributed by atoms with Crippen molar-refractivity contribution < 1.29 is 13.9 Å². The molecule has 0 spiro atoms. The summed E-state index contributed by atoms with van der Waals surface area (Å²) in [5.74, 6) is -0.870. The monoisotopic (exact) mass is 268 g/mol. The summed E-state index contributed by atoms with van der Waals surface area (Å²) in [7, 11) is 3.93. The molecule has 1 aromatic carbocycles. The van der Waals surface area contributed by atoms with Crippen molar-refractivity contribution in [3.05, 3.63) is 35.1 Å². The van der Waals surface area contributed by atoms with E-state index in [1.54, 1.807) is 19.1 Å². The van der Waals surface area contributed by atoms with Gasteiger partial charge in [0.1, 0.15) is 5.82 Å². The molecule has 0 aliphatic rings. The predicted molar refractivity (Wildman–Crippen MR) is 72.8 cm³/mol. The number of hydrogen-bond donors (Lipinski definition) is 1. The van der Waals surface area contributed by atoms with Crippen molar-refractivity contribution in [1.82, 2.24) is 10.2 Å². The average Bonchev–Trinajstić information content (AvgIpc) is 2.36. The summed E-state index contributed by atoms with van der Waals surface area (Å²) in [5.41, 5.74) is 0.545. The zero-order chi connectivity index (χ0) is 14.3. The van der Waals surface area contributed by atoms with Crippen LogP contribution in [0, 0.1) is 12.7 Å². The molecule has 0 atom stereocenters. The fourth-order valence-corrected chi connectivity index (χ4v) is 1.50. The van der Waals surface area contributed by atoms with Gasteiger partial charge in [0.2, 0.25) is 0 Å². The number of likely N-dealkylation sites (N-methyl/N-ethyl adjacent to an activating group) is 1. The van der Waals surface area contributed by atoms with Gasteiger partial charge in [-0.1, -0.05) is 12.1 Å². The van der Waals surface area contributed by atoms with E-state index in [4.69, 9.17) is 4.74 Å². The standard InChI is InChI=1S/C14H21FN2O2/c1-11-5-4-6-12(13(11)15)14(18)16-7-9-19-10-8-17(2)3/h4-6H,7-10H2,1-3H3,(H,16,18). The normalized spacial score (nSPS) is 10.8. The van der Waals surface area contributed by atoms with Gasteiger partial charge in [0.05, 0.1) is 18.8 Å². The fraction of sp³-hybridized carbons (Fsp3) is 0.500. The highest BCUT2D eigenvalue weighted by atomic mass is 19.1. The Kier molecular flexibility index (Phi) is 6.45. The van der Waals surface area contributed by atoms with Crippen molar-refractivity contribution in [2.75, 3.05) is 40.4 Å². The number of carbonyl (C=O) groups excluding carboxylic acids is 1. The number of rotatable bonds is 7. The Hall–Kier alpha value is -1.46. The number of halogens is 1. The Morgan fingerprint density at radius 1 is 1.37 bits per heavy atom. The fourth-order valence-electron chi connectivity index (χ4n) is 1.50. The van der Waals surface area contributed by atoms with Crippen molar-refractivity contribution >= 4 is 5.91 Å². The van der Waals surface area contributed by atoms with Crippen LogP contribution in [0.25, 0.3) is 0 Å². The molecule has 0 radical (unpaired) electrons. The van der Waals surface area contributed by atoms with E-state index >= 15 is 0 Å². The first-order valence-corrected chi connectivity index (χ1v) is 6.28. The summed E-state index contributed by atoms with van der Waals surface area (Å²) in [6.45, 7) is 3.88.